The molecule has 1 aromatic heterocycles. The molecule has 1 aliphatic heterocycles. The second kappa shape index (κ2) is 6.25. The van der Waals surface area contributed by atoms with Gasteiger partial charge in [-0.25, -0.2) is 0 Å². The summed E-state index contributed by atoms with van der Waals surface area (Å²) in [5.41, 5.74) is 0. The van der Waals surface area contributed by atoms with Crippen LogP contribution in [0.2, 0.25) is 0 Å². The van der Waals surface area contributed by atoms with Crippen molar-refractivity contribution < 1.29 is 5.11 Å². The fraction of sp³-hybridized carbons (Fsp3) is 0.733. The van der Waals surface area contributed by atoms with Gasteiger partial charge in [0, 0.05) is 23.4 Å². The number of thiophene rings is 1. The van der Waals surface area contributed by atoms with Crippen LogP contribution in [0.4, 0.5) is 0 Å². The molecule has 0 bridgehead atoms. The number of halogens is 1. The summed E-state index contributed by atoms with van der Waals surface area (Å²) >= 11 is 5.39. The van der Waals surface area contributed by atoms with Crippen LogP contribution >= 0.6 is 27.3 Å². The fourth-order valence-corrected chi connectivity index (χ4v) is 5.26. The van der Waals surface area contributed by atoms with Crippen molar-refractivity contribution in [1.82, 2.24) is 4.90 Å². The van der Waals surface area contributed by atoms with Gasteiger partial charge in [0.15, 0.2) is 0 Å². The minimum absolute atomic E-state index is 0.0549. The maximum absolute atomic E-state index is 10.2. The molecule has 0 amide bonds. The highest BCUT2D eigenvalue weighted by molar-refractivity contribution is 9.11. The number of aliphatic hydroxyl groups excluding tert-OH is 1. The van der Waals surface area contributed by atoms with Gasteiger partial charge in [0.25, 0.3) is 0 Å². The van der Waals surface area contributed by atoms with E-state index in [0.717, 1.165) is 13.0 Å². The molecular formula is C15H22BrNOS. The smallest absolute Gasteiger partial charge is 0.0701 e. The molecule has 1 aromatic rings. The van der Waals surface area contributed by atoms with Gasteiger partial charge in [0.2, 0.25) is 0 Å². The van der Waals surface area contributed by atoms with Crippen LogP contribution in [0.3, 0.4) is 0 Å². The highest BCUT2D eigenvalue weighted by Crippen LogP contribution is 2.36. The molecular weight excluding hydrogens is 322 g/mol. The third-order valence-electron chi connectivity index (χ3n) is 4.68. The van der Waals surface area contributed by atoms with Crippen LogP contribution in [-0.4, -0.2) is 28.7 Å². The topological polar surface area (TPSA) is 23.5 Å². The molecule has 2 heterocycles. The molecule has 3 unspecified atom stereocenters. The lowest BCUT2D eigenvalue weighted by Gasteiger charge is -2.40. The lowest BCUT2D eigenvalue weighted by atomic mass is 9.87. The quantitative estimate of drug-likeness (QED) is 0.895. The zero-order chi connectivity index (χ0) is 13.2. The van der Waals surface area contributed by atoms with Crippen molar-refractivity contribution in [3.8, 4) is 0 Å². The number of aliphatic hydroxyl groups is 1. The Morgan fingerprint density at radius 2 is 2.11 bits per heavy atom. The van der Waals surface area contributed by atoms with E-state index in [-0.39, 0.29) is 6.10 Å². The van der Waals surface area contributed by atoms with E-state index in [1.165, 1.54) is 47.3 Å². The van der Waals surface area contributed by atoms with Crippen molar-refractivity contribution in [3.05, 3.63) is 20.8 Å². The summed E-state index contributed by atoms with van der Waals surface area (Å²) in [6.07, 6.45) is 7.30. The van der Waals surface area contributed by atoms with Crippen molar-refractivity contribution in [1.29, 1.82) is 0 Å². The molecule has 1 aliphatic carbocycles. The molecule has 2 aliphatic rings. The van der Waals surface area contributed by atoms with Crippen LogP contribution in [0.15, 0.2) is 15.9 Å². The largest absolute Gasteiger partial charge is 0.393 e. The van der Waals surface area contributed by atoms with Crippen molar-refractivity contribution in [3.63, 3.8) is 0 Å². The molecule has 2 fully saturated rings. The number of hydrogen-bond donors (Lipinski definition) is 1. The number of likely N-dealkylation sites (tertiary alicyclic amines) is 1. The van der Waals surface area contributed by atoms with Crippen molar-refractivity contribution >= 4 is 27.3 Å². The van der Waals surface area contributed by atoms with Crippen molar-refractivity contribution in [2.75, 3.05) is 6.54 Å². The van der Waals surface area contributed by atoms with Gasteiger partial charge in [-0.2, -0.15) is 0 Å². The molecule has 1 saturated heterocycles. The Labute approximate surface area is 127 Å². The molecule has 3 rings (SSSR count). The number of rotatable bonds is 3. The summed E-state index contributed by atoms with van der Waals surface area (Å²) in [4.78, 5) is 4.06. The maximum atomic E-state index is 10.2. The van der Waals surface area contributed by atoms with Crippen molar-refractivity contribution in [2.24, 2.45) is 5.92 Å². The summed E-state index contributed by atoms with van der Waals surface area (Å²) in [5.74, 6) is 0.517. The van der Waals surface area contributed by atoms with Crippen LogP contribution in [0, 0.1) is 5.92 Å². The summed E-state index contributed by atoms with van der Waals surface area (Å²) in [6.45, 7) is 2.26. The molecule has 0 aromatic carbocycles. The third kappa shape index (κ3) is 3.23. The molecule has 106 valence electrons. The van der Waals surface area contributed by atoms with E-state index in [1.807, 2.05) is 11.3 Å². The fourth-order valence-electron chi connectivity index (χ4n) is 3.75. The first kappa shape index (κ1) is 14.1. The predicted octanol–water partition coefficient (Wildman–Crippen LogP) is 4.03. The zero-order valence-electron chi connectivity index (χ0n) is 11.2. The Morgan fingerprint density at radius 3 is 2.79 bits per heavy atom. The molecule has 0 radical (unpaired) electrons. The second-order valence-corrected chi connectivity index (χ2v) is 8.45. The Morgan fingerprint density at radius 1 is 1.21 bits per heavy atom. The van der Waals surface area contributed by atoms with Gasteiger partial charge in [-0.3, -0.25) is 4.90 Å². The first-order chi connectivity index (χ1) is 9.24. The van der Waals surface area contributed by atoms with Gasteiger partial charge in [0.05, 0.1) is 9.89 Å². The van der Waals surface area contributed by atoms with Gasteiger partial charge in [-0.05, 0) is 60.3 Å². The van der Waals surface area contributed by atoms with E-state index < -0.39 is 0 Å². The molecule has 4 heteroatoms. The van der Waals surface area contributed by atoms with Gasteiger partial charge in [0.1, 0.15) is 0 Å². The standard InChI is InChI=1S/C15H22BrNOS/c16-15-8-7-11(19-15)10-17-9-2-1-5-13(17)12-4-3-6-14(12)18/h7-8,12-14,18H,1-6,9-10H2. The van der Waals surface area contributed by atoms with Gasteiger partial charge >= 0.3 is 0 Å². The van der Waals surface area contributed by atoms with Crippen LogP contribution in [-0.2, 0) is 6.54 Å². The molecule has 19 heavy (non-hydrogen) atoms. The van der Waals surface area contributed by atoms with Crippen molar-refractivity contribution in [2.45, 2.75) is 57.2 Å². The van der Waals surface area contributed by atoms with Gasteiger partial charge < -0.3 is 5.11 Å². The lowest BCUT2D eigenvalue weighted by Crippen LogP contribution is -2.45. The monoisotopic (exact) mass is 343 g/mol. The summed E-state index contributed by atoms with van der Waals surface area (Å²) < 4.78 is 1.22. The number of hydrogen-bond acceptors (Lipinski definition) is 3. The first-order valence-electron chi connectivity index (χ1n) is 7.40. The molecule has 2 nitrogen and oxygen atoms in total. The number of nitrogens with zero attached hydrogens (tertiary/aromatic N) is 1. The minimum atomic E-state index is -0.0549. The van der Waals surface area contributed by atoms with Gasteiger partial charge in [-0.1, -0.05) is 12.8 Å². The molecule has 1 saturated carbocycles. The Bertz CT molecular complexity index is 422. The van der Waals surface area contributed by atoms with Crippen LogP contribution in [0.25, 0.3) is 0 Å². The highest BCUT2D eigenvalue weighted by atomic mass is 79.9. The van der Waals surface area contributed by atoms with E-state index in [1.54, 1.807) is 0 Å². The van der Waals surface area contributed by atoms with E-state index in [0.29, 0.717) is 12.0 Å². The predicted molar refractivity (Wildman–Crippen MR) is 83.4 cm³/mol. The second-order valence-electron chi connectivity index (χ2n) is 5.90. The summed E-state index contributed by atoms with van der Waals surface area (Å²) in [7, 11) is 0. The average Bonchev–Trinajstić information content (AvgIpc) is 2.99. The van der Waals surface area contributed by atoms with Crippen LogP contribution in [0.5, 0.6) is 0 Å². The summed E-state index contributed by atoms with van der Waals surface area (Å²) in [5, 5.41) is 10.2. The molecule has 1 N–H and O–H groups in total. The van der Waals surface area contributed by atoms with Crippen LogP contribution in [0.1, 0.15) is 43.4 Å². The molecule has 3 atom stereocenters. The summed E-state index contributed by atoms with van der Waals surface area (Å²) in [6, 6.07) is 4.97. The SMILES string of the molecule is OC1CCCC1C1CCCCN1Cc1ccc(Br)s1. The van der Waals surface area contributed by atoms with Crippen LogP contribution < -0.4 is 0 Å². The van der Waals surface area contributed by atoms with E-state index in [2.05, 4.69) is 33.0 Å². The third-order valence-corrected chi connectivity index (χ3v) is 6.29. The maximum Gasteiger partial charge on any atom is 0.0701 e. The molecule has 0 spiro atoms. The Balaban J connectivity index is 1.70. The van der Waals surface area contributed by atoms with E-state index in [9.17, 15) is 5.11 Å². The average molecular weight is 344 g/mol. The zero-order valence-corrected chi connectivity index (χ0v) is 13.6. The van der Waals surface area contributed by atoms with Gasteiger partial charge in [-0.15, -0.1) is 11.3 Å². The Kier molecular flexibility index (Phi) is 4.62. The number of piperidine rings is 1. The normalized spacial score (nSPS) is 32.8. The van der Waals surface area contributed by atoms with E-state index >= 15 is 0 Å². The highest BCUT2D eigenvalue weighted by Gasteiger charge is 2.36. The van der Waals surface area contributed by atoms with E-state index in [4.69, 9.17) is 0 Å². The Hall–Kier alpha value is 0.1000. The lowest BCUT2D eigenvalue weighted by molar-refractivity contribution is 0.0318. The minimum Gasteiger partial charge on any atom is -0.393 e. The first-order valence-corrected chi connectivity index (χ1v) is 9.01.